The molecule has 2 N–H and O–H groups in total. The van der Waals surface area contributed by atoms with Gasteiger partial charge in [-0.2, -0.15) is 0 Å². The Morgan fingerprint density at radius 2 is 1.56 bits per heavy atom. The molecule has 5 heteroatoms. The molecule has 0 saturated heterocycles. The molecule has 3 aromatic carbocycles. The average molecular weight is 381 g/mol. The molecule has 138 valence electrons. The van der Waals surface area contributed by atoms with E-state index in [1.54, 1.807) is 25.3 Å². The summed E-state index contributed by atoms with van der Waals surface area (Å²) in [6.07, 6.45) is 0. The van der Waals surface area contributed by atoms with Crippen molar-refractivity contribution in [3.05, 3.63) is 95.0 Å². The number of urea groups is 1. The summed E-state index contributed by atoms with van der Waals surface area (Å²) in [7, 11) is 1.55. The van der Waals surface area contributed by atoms with E-state index in [0.29, 0.717) is 23.0 Å². The Morgan fingerprint density at radius 3 is 2.11 bits per heavy atom. The Bertz CT molecular complexity index is 846. The third kappa shape index (κ3) is 5.02. The van der Waals surface area contributed by atoms with Crippen LogP contribution in [0.1, 0.15) is 17.0 Å². The van der Waals surface area contributed by atoms with E-state index in [4.69, 9.17) is 16.3 Å². The van der Waals surface area contributed by atoms with Crippen molar-refractivity contribution in [2.24, 2.45) is 0 Å². The molecule has 0 unspecified atom stereocenters. The lowest BCUT2D eigenvalue weighted by atomic mass is 9.91. The van der Waals surface area contributed by atoms with E-state index in [1.165, 1.54) is 0 Å². The van der Waals surface area contributed by atoms with Crippen LogP contribution in [-0.2, 0) is 0 Å². The molecule has 3 aromatic rings. The second-order valence-electron chi connectivity index (χ2n) is 6.05. The van der Waals surface area contributed by atoms with Gasteiger partial charge < -0.3 is 15.4 Å². The van der Waals surface area contributed by atoms with Crippen LogP contribution in [0.3, 0.4) is 0 Å². The van der Waals surface area contributed by atoms with Crippen LogP contribution in [0, 0.1) is 0 Å². The molecule has 0 aliphatic heterocycles. The zero-order chi connectivity index (χ0) is 19.1. The average Bonchev–Trinajstić information content (AvgIpc) is 2.70. The van der Waals surface area contributed by atoms with Gasteiger partial charge in [-0.05, 0) is 29.3 Å². The molecule has 27 heavy (non-hydrogen) atoms. The van der Waals surface area contributed by atoms with Crippen LogP contribution < -0.4 is 15.4 Å². The first-order chi connectivity index (χ1) is 13.2. The topological polar surface area (TPSA) is 50.4 Å². The summed E-state index contributed by atoms with van der Waals surface area (Å²) in [5.41, 5.74) is 2.81. The highest BCUT2D eigenvalue weighted by Crippen LogP contribution is 2.28. The first kappa shape index (κ1) is 18.8. The van der Waals surface area contributed by atoms with Gasteiger partial charge in [-0.25, -0.2) is 4.79 Å². The van der Waals surface area contributed by atoms with E-state index in [2.05, 4.69) is 34.9 Å². The Balaban J connectivity index is 1.72. The first-order valence-corrected chi connectivity index (χ1v) is 9.03. The van der Waals surface area contributed by atoms with E-state index in [1.807, 2.05) is 36.4 Å². The zero-order valence-corrected chi connectivity index (χ0v) is 15.7. The number of ether oxygens (including phenoxy) is 1. The number of rotatable bonds is 6. The third-order valence-corrected chi connectivity index (χ3v) is 4.52. The van der Waals surface area contributed by atoms with Gasteiger partial charge in [-0.15, -0.1) is 0 Å². The maximum absolute atomic E-state index is 12.4. The van der Waals surface area contributed by atoms with Crippen molar-refractivity contribution in [1.82, 2.24) is 5.32 Å². The molecular formula is C22H21ClN2O2. The predicted octanol–water partition coefficient (Wildman–Crippen LogP) is 5.30. The lowest BCUT2D eigenvalue weighted by Crippen LogP contribution is -2.32. The predicted molar refractivity (Wildman–Crippen MR) is 110 cm³/mol. The lowest BCUT2D eigenvalue weighted by Gasteiger charge is -2.19. The van der Waals surface area contributed by atoms with Gasteiger partial charge in [0.15, 0.2) is 0 Å². The van der Waals surface area contributed by atoms with Crippen molar-refractivity contribution in [3.8, 4) is 5.75 Å². The van der Waals surface area contributed by atoms with Gasteiger partial charge in [0.05, 0.1) is 12.8 Å². The van der Waals surface area contributed by atoms with Crippen LogP contribution in [0.2, 0.25) is 5.02 Å². The number of hydrogen-bond acceptors (Lipinski definition) is 2. The largest absolute Gasteiger partial charge is 0.495 e. The smallest absolute Gasteiger partial charge is 0.319 e. The summed E-state index contributed by atoms with van der Waals surface area (Å²) in [5, 5.41) is 6.28. The molecule has 3 rings (SSSR count). The van der Waals surface area contributed by atoms with E-state index < -0.39 is 0 Å². The molecule has 0 aromatic heterocycles. The van der Waals surface area contributed by atoms with Crippen LogP contribution in [0.5, 0.6) is 5.75 Å². The van der Waals surface area contributed by atoms with Crippen molar-refractivity contribution in [1.29, 1.82) is 0 Å². The van der Waals surface area contributed by atoms with Crippen molar-refractivity contribution < 1.29 is 9.53 Å². The fourth-order valence-electron chi connectivity index (χ4n) is 2.94. The number of carbonyl (C=O) groups is 1. The number of anilines is 1. The van der Waals surface area contributed by atoms with Crippen LogP contribution in [0.4, 0.5) is 10.5 Å². The fourth-order valence-corrected chi connectivity index (χ4v) is 3.11. The molecule has 0 heterocycles. The molecule has 0 aliphatic carbocycles. The van der Waals surface area contributed by atoms with Crippen LogP contribution in [-0.4, -0.2) is 19.7 Å². The van der Waals surface area contributed by atoms with E-state index >= 15 is 0 Å². The van der Waals surface area contributed by atoms with Gasteiger partial charge in [0.25, 0.3) is 0 Å². The van der Waals surface area contributed by atoms with Crippen molar-refractivity contribution in [3.63, 3.8) is 0 Å². The molecule has 0 spiro atoms. The Hall–Kier alpha value is -2.98. The van der Waals surface area contributed by atoms with Gasteiger partial charge >= 0.3 is 6.03 Å². The SMILES string of the molecule is COc1ccc(Cl)cc1NC(=O)NCC(c1ccccc1)c1ccccc1. The minimum absolute atomic E-state index is 0.0550. The maximum atomic E-state index is 12.4. The van der Waals surface area contributed by atoms with Crippen molar-refractivity contribution in [2.45, 2.75) is 5.92 Å². The number of nitrogens with one attached hydrogen (secondary N) is 2. The molecule has 0 atom stereocenters. The summed E-state index contributed by atoms with van der Waals surface area (Å²) in [4.78, 5) is 12.4. The normalized spacial score (nSPS) is 10.5. The number of halogens is 1. The standard InChI is InChI=1S/C22H21ClN2O2/c1-27-21-13-12-18(23)14-20(21)25-22(26)24-15-19(16-8-4-2-5-9-16)17-10-6-3-7-11-17/h2-14,19H,15H2,1H3,(H2,24,25,26). The maximum Gasteiger partial charge on any atom is 0.319 e. The molecule has 0 bridgehead atoms. The summed E-state index contributed by atoms with van der Waals surface area (Å²) in [6, 6.07) is 25.0. The van der Waals surface area contributed by atoms with Crippen molar-refractivity contribution in [2.75, 3.05) is 19.0 Å². The minimum Gasteiger partial charge on any atom is -0.495 e. The van der Waals surface area contributed by atoms with Crippen molar-refractivity contribution >= 4 is 23.3 Å². The molecule has 0 radical (unpaired) electrons. The van der Waals surface area contributed by atoms with Gasteiger partial charge in [-0.1, -0.05) is 72.3 Å². The van der Waals surface area contributed by atoms with Gasteiger partial charge in [0, 0.05) is 17.5 Å². The molecular weight excluding hydrogens is 360 g/mol. The summed E-state index contributed by atoms with van der Waals surface area (Å²) < 4.78 is 5.26. The Kier molecular flexibility index (Phi) is 6.34. The molecule has 4 nitrogen and oxygen atoms in total. The van der Waals surface area contributed by atoms with Crippen LogP contribution >= 0.6 is 11.6 Å². The summed E-state index contributed by atoms with van der Waals surface area (Å²) in [6.45, 7) is 0.461. The second-order valence-corrected chi connectivity index (χ2v) is 6.49. The third-order valence-electron chi connectivity index (χ3n) is 4.28. The summed E-state index contributed by atoms with van der Waals surface area (Å²) in [5.74, 6) is 0.608. The molecule has 0 saturated carbocycles. The monoisotopic (exact) mass is 380 g/mol. The highest BCUT2D eigenvalue weighted by atomic mass is 35.5. The fraction of sp³-hybridized carbons (Fsp3) is 0.136. The number of hydrogen-bond donors (Lipinski definition) is 2. The highest BCUT2D eigenvalue weighted by Gasteiger charge is 2.16. The first-order valence-electron chi connectivity index (χ1n) is 8.65. The lowest BCUT2D eigenvalue weighted by molar-refractivity contribution is 0.251. The van der Waals surface area contributed by atoms with E-state index in [9.17, 15) is 4.79 Å². The van der Waals surface area contributed by atoms with Gasteiger partial charge in [0.2, 0.25) is 0 Å². The summed E-state index contributed by atoms with van der Waals surface area (Å²) >= 11 is 6.02. The van der Waals surface area contributed by atoms with E-state index in [0.717, 1.165) is 11.1 Å². The number of amides is 2. The Labute approximate surface area is 164 Å². The number of benzene rings is 3. The molecule has 2 amide bonds. The quantitative estimate of drug-likeness (QED) is 0.609. The number of methoxy groups -OCH3 is 1. The van der Waals surface area contributed by atoms with Crippen LogP contribution in [0.15, 0.2) is 78.9 Å². The minimum atomic E-state index is -0.313. The Morgan fingerprint density at radius 1 is 0.963 bits per heavy atom. The second kappa shape index (κ2) is 9.10. The van der Waals surface area contributed by atoms with Gasteiger partial charge in [-0.3, -0.25) is 0 Å². The number of carbonyl (C=O) groups excluding carboxylic acids is 1. The van der Waals surface area contributed by atoms with Gasteiger partial charge in [0.1, 0.15) is 5.75 Å². The molecule has 0 fully saturated rings. The van der Waals surface area contributed by atoms with Crippen LogP contribution in [0.25, 0.3) is 0 Å². The molecule has 0 aliphatic rings. The highest BCUT2D eigenvalue weighted by molar-refractivity contribution is 6.31. The zero-order valence-electron chi connectivity index (χ0n) is 15.0. The van der Waals surface area contributed by atoms with E-state index in [-0.39, 0.29) is 11.9 Å².